The van der Waals surface area contributed by atoms with E-state index in [0.29, 0.717) is 0 Å². The molecule has 0 amide bonds. The highest BCUT2D eigenvalue weighted by Crippen LogP contribution is 2.18. The van der Waals surface area contributed by atoms with Crippen LogP contribution in [0.3, 0.4) is 0 Å². The second-order valence-electron chi connectivity index (χ2n) is 3.99. The Balaban J connectivity index is 2.71. The SMILES string of the molecule is CCc1cc(C)cc(O[C@H](C)CNC)c1. The number of nitrogens with one attached hydrogen (secondary N) is 1. The largest absolute Gasteiger partial charge is 0.489 e. The van der Waals surface area contributed by atoms with E-state index in [2.05, 4.69) is 44.3 Å². The maximum absolute atomic E-state index is 5.82. The first-order chi connectivity index (χ1) is 7.15. The van der Waals surface area contributed by atoms with E-state index < -0.39 is 0 Å². The lowest BCUT2D eigenvalue weighted by Gasteiger charge is -2.15. The fraction of sp³-hybridized carbons (Fsp3) is 0.538. The first kappa shape index (κ1) is 12.1. The van der Waals surface area contributed by atoms with Gasteiger partial charge in [0.15, 0.2) is 0 Å². The predicted molar refractivity (Wildman–Crippen MR) is 64.6 cm³/mol. The molecule has 0 saturated carbocycles. The van der Waals surface area contributed by atoms with E-state index in [9.17, 15) is 0 Å². The molecule has 0 radical (unpaired) electrons. The lowest BCUT2D eigenvalue weighted by Crippen LogP contribution is -2.26. The van der Waals surface area contributed by atoms with Crippen molar-refractivity contribution in [2.75, 3.05) is 13.6 Å². The highest BCUT2D eigenvalue weighted by Gasteiger charge is 2.03. The molecule has 0 heterocycles. The van der Waals surface area contributed by atoms with Crippen LogP contribution in [-0.2, 0) is 6.42 Å². The molecule has 0 aliphatic carbocycles. The van der Waals surface area contributed by atoms with Gasteiger partial charge in [0, 0.05) is 6.54 Å². The van der Waals surface area contributed by atoms with Crippen LogP contribution >= 0.6 is 0 Å². The van der Waals surface area contributed by atoms with Crippen molar-refractivity contribution in [2.24, 2.45) is 0 Å². The van der Waals surface area contributed by atoms with Crippen molar-refractivity contribution in [3.63, 3.8) is 0 Å². The number of hydrogen-bond acceptors (Lipinski definition) is 2. The van der Waals surface area contributed by atoms with Gasteiger partial charge in [-0.2, -0.15) is 0 Å². The van der Waals surface area contributed by atoms with E-state index >= 15 is 0 Å². The average Bonchev–Trinajstić information content (AvgIpc) is 2.17. The van der Waals surface area contributed by atoms with Gasteiger partial charge in [0.25, 0.3) is 0 Å². The zero-order valence-corrected chi connectivity index (χ0v) is 10.1. The van der Waals surface area contributed by atoms with Gasteiger partial charge in [0.05, 0.1) is 0 Å². The van der Waals surface area contributed by atoms with Crippen LogP contribution in [0.5, 0.6) is 5.75 Å². The standard InChI is InChI=1S/C13H21NO/c1-5-12-6-10(2)7-13(8-12)15-11(3)9-14-4/h6-8,11,14H,5,9H2,1-4H3/t11-/m1/s1. The van der Waals surface area contributed by atoms with Crippen molar-refractivity contribution in [3.8, 4) is 5.75 Å². The topological polar surface area (TPSA) is 21.3 Å². The van der Waals surface area contributed by atoms with E-state index in [-0.39, 0.29) is 6.10 Å². The Labute approximate surface area is 92.6 Å². The summed E-state index contributed by atoms with van der Waals surface area (Å²) in [6.07, 6.45) is 1.26. The maximum atomic E-state index is 5.82. The van der Waals surface area contributed by atoms with Crippen molar-refractivity contribution in [3.05, 3.63) is 29.3 Å². The summed E-state index contributed by atoms with van der Waals surface area (Å²) in [5.74, 6) is 0.981. The molecular formula is C13H21NO. The zero-order chi connectivity index (χ0) is 11.3. The summed E-state index contributed by atoms with van der Waals surface area (Å²) in [6.45, 7) is 7.21. The van der Waals surface area contributed by atoms with Crippen LogP contribution in [-0.4, -0.2) is 19.7 Å². The third kappa shape index (κ3) is 3.92. The number of rotatable bonds is 5. The van der Waals surface area contributed by atoms with E-state index in [1.807, 2.05) is 7.05 Å². The van der Waals surface area contributed by atoms with Gasteiger partial charge in [-0.15, -0.1) is 0 Å². The molecule has 0 aromatic heterocycles. The number of benzene rings is 1. The lowest BCUT2D eigenvalue weighted by molar-refractivity contribution is 0.220. The van der Waals surface area contributed by atoms with E-state index in [0.717, 1.165) is 18.7 Å². The Morgan fingerprint density at radius 3 is 2.67 bits per heavy atom. The van der Waals surface area contributed by atoms with Crippen LogP contribution in [0.1, 0.15) is 25.0 Å². The number of aryl methyl sites for hydroxylation is 2. The van der Waals surface area contributed by atoms with Gasteiger partial charge in [-0.1, -0.05) is 13.0 Å². The van der Waals surface area contributed by atoms with Crippen LogP contribution in [0.2, 0.25) is 0 Å². The second kappa shape index (κ2) is 5.76. The fourth-order valence-electron chi connectivity index (χ4n) is 1.66. The molecule has 0 spiro atoms. The number of likely N-dealkylation sites (N-methyl/N-ethyl adjacent to an activating group) is 1. The van der Waals surface area contributed by atoms with E-state index in [1.165, 1.54) is 11.1 Å². The molecule has 1 atom stereocenters. The summed E-state index contributed by atoms with van der Waals surface area (Å²) in [6, 6.07) is 6.42. The van der Waals surface area contributed by atoms with Gasteiger partial charge in [-0.3, -0.25) is 0 Å². The van der Waals surface area contributed by atoms with Gasteiger partial charge in [0.2, 0.25) is 0 Å². The monoisotopic (exact) mass is 207 g/mol. The van der Waals surface area contributed by atoms with Crippen molar-refractivity contribution in [2.45, 2.75) is 33.3 Å². The molecule has 0 aliphatic rings. The molecular weight excluding hydrogens is 186 g/mol. The van der Waals surface area contributed by atoms with Crippen LogP contribution < -0.4 is 10.1 Å². The molecule has 15 heavy (non-hydrogen) atoms. The first-order valence-electron chi connectivity index (χ1n) is 5.57. The molecule has 0 bridgehead atoms. The Morgan fingerprint density at radius 1 is 1.33 bits per heavy atom. The van der Waals surface area contributed by atoms with Crippen molar-refractivity contribution < 1.29 is 4.74 Å². The molecule has 1 N–H and O–H groups in total. The van der Waals surface area contributed by atoms with Gasteiger partial charge >= 0.3 is 0 Å². The number of ether oxygens (including phenoxy) is 1. The molecule has 0 aliphatic heterocycles. The van der Waals surface area contributed by atoms with Crippen molar-refractivity contribution >= 4 is 0 Å². The third-order valence-corrected chi connectivity index (χ3v) is 2.35. The zero-order valence-electron chi connectivity index (χ0n) is 10.1. The molecule has 1 rings (SSSR count). The van der Waals surface area contributed by atoms with Crippen LogP contribution in [0.15, 0.2) is 18.2 Å². The van der Waals surface area contributed by atoms with Gasteiger partial charge in [-0.05, 0) is 50.6 Å². The first-order valence-corrected chi connectivity index (χ1v) is 5.57. The van der Waals surface area contributed by atoms with Gasteiger partial charge in [0.1, 0.15) is 11.9 Å². The lowest BCUT2D eigenvalue weighted by atomic mass is 10.1. The summed E-state index contributed by atoms with van der Waals surface area (Å²) in [4.78, 5) is 0. The Hall–Kier alpha value is -1.02. The molecule has 2 nitrogen and oxygen atoms in total. The minimum atomic E-state index is 0.210. The van der Waals surface area contributed by atoms with Gasteiger partial charge in [-0.25, -0.2) is 0 Å². The Bertz CT molecular complexity index is 309. The summed E-state index contributed by atoms with van der Waals surface area (Å²) in [7, 11) is 1.94. The Morgan fingerprint density at radius 2 is 2.07 bits per heavy atom. The maximum Gasteiger partial charge on any atom is 0.120 e. The highest BCUT2D eigenvalue weighted by molar-refractivity contribution is 5.33. The minimum Gasteiger partial charge on any atom is -0.489 e. The molecule has 1 aromatic rings. The van der Waals surface area contributed by atoms with Crippen LogP contribution in [0.4, 0.5) is 0 Å². The normalized spacial score (nSPS) is 12.5. The molecule has 0 fully saturated rings. The minimum absolute atomic E-state index is 0.210. The molecule has 0 unspecified atom stereocenters. The molecule has 2 heteroatoms. The third-order valence-electron chi connectivity index (χ3n) is 2.35. The quantitative estimate of drug-likeness (QED) is 0.801. The smallest absolute Gasteiger partial charge is 0.120 e. The van der Waals surface area contributed by atoms with Crippen molar-refractivity contribution in [1.29, 1.82) is 0 Å². The van der Waals surface area contributed by atoms with Crippen LogP contribution in [0.25, 0.3) is 0 Å². The van der Waals surface area contributed by atoms with Gasteiger partial charge < -0.3 is 10.1 Å². The van der Waals surface area contributed by atoms with Crippen LogP contribution in [0, 0.1) is 6.92 Å². The predicted octanol–water partition coefficient (Wildman–Crippen LogP) is 2.54. The van der Waals surface area contributed by atoms with E-state index in [1.54, 1.807) is 0 Å². The summed E-state index contributed by atoms with van der Waals surface area (Å²) in [5.41, 5.74) is 2.60. The average molecular weight is 207 g/mol. The molecule has 1 aromatic carbocycles. The summed E-state index contributed by atoms with van der Waals surface area (Å²) >= 11 is 0. The second-order valence-corrected chi connectivity index (χ2v) is 3.99. The highest BCUT2D eigenvalue weighted by atomic mass is 16.5. The molecule has 0 saturated heterocycles. The number of hydrogen-bond donors (Lipinski definition) is 1. The van der Waals surface area contributed by atoms with E-state index in [4.69, 9.17) is 4.74 Å². The summed E-state index contributed by atoms with van der Waals surface area (Å²) < 4.78 is 5.82. The molecule has 84 valence electrons. The Kier molecular flexibility index (Phi) is 4.63. The fourth-order valence-corrected chi connectivity index (χ4v) is 1.66. The summed E-state index contributed by atoms with van der Waals surface area (Å²) in [5, 5.41) is 3.11. The van der Waals surface area contributed by atoms with Crippen molar-refractivity contribution in [1.82, 2.24) is 5.32 Å².